The van der Waals surface area contributed by atoms with Gasteiger partial charge in [-0.15, -0.1) is 0 Å². The van der Waals surface area contributed by atoms with E-state index in [0.29, 0.717) is 36.7 Å². The van der Waals surface area contributed by atoms with Crippen LogP contribution in [0, 0.1) is 12.8 Å². The second kappa shape index (κ2) is 9.09. The predicted molar refractivity (Wildman–Crippen MR) is 116 cm³/mol. The molecule has 1 N–H and O–H groups in total. The van der Waals surface area contributed by atoms with Crippen molar-refractivity contribution in [3.63, 3.8) is 0 Å². The summed E-state index contributed by atoms with van der Waals surface area (Å²) >= 11 is 0. The van der Waals surface area contributed by atoms with Crippen molar-refractivity contribution >= 4 is 21.6 Å². The number of benzene rings is 2. The van der Waals surface area contributed by atoms with Crippen molar-refractivity contribution in [3.05, 3.63) is 59.7 Å². The van der Waals surface area contributed by atoms with Crippen molar-refractivity contribution in [2.75, 3.05) is 18.4 Å². The highest BCUT2D eigenvalue weighted by molar-refractivity contribution is 7.89. The van der Waals surface area contributed by atoms with Gasteiger partial charge in [0.2, 0.25) is 15.9 Å². The smallest absolute Gasteiger partial charge is 0.243 e. The van der Waals surface area contributed by atoms with E-state index >= 15 is 0 Å². The fourth-order valence-electron chi connectivity index (χ4n) is 3.59. The third kappa shape index (κ3) is 5.06. The number of nitrogens with one attached hydrogen (secondary N) is 1. The number of piperidine rings is 1. The minimum Gasteiger partial charge on any atom is -0.326 e. The van der Waals surface area contributed by atoms with Gasteiger partial charge in [0.05, 0.1) is 4.90 Å². The number of nitrogens with zero attached hydrogens (tertiary/aromatic N) is 1. The zero-order chi connectivity index (χ0) is 21.0. The average Bonchev–Trinajstić information content (AvgIpc) is 2.74. The van der Waals surface area contributed by atoms with E-state index in [9.17, 15) is 13.2 Å². The van der Waals surface area contributed by atoms with Crippen molar-refractivity contribution in [1.29, 1.82) is 0 Å². The first kappa shape index (κ1) is 21.5. The highest BCUT2D eigenvalue weighted by Crippen LogP contribution is 2.26. The number of aryl methyl sites for hydroxylation is 1. The zero-order valence-corrected chi connectivity index (χ0v) is 18.2. The Morgan fingerprint density at radius 2 is 1.66 bits per heavy atom. The number of anilines is 1. The van der Waals surface area contributed by atoms with E-state index in [4.69, 9.17) is 0 Å². The van der Waals surface area contributed by atoms with Crippen LogP contribution in [-0.2, 0) is 14.8 Å². The van der Waals surface area contributed by atoms with Crippen molar-refractivity contribution in [1.82, 2.24) is 4.31 Å². The van der Waals surface area contributed by atoms with Crippen LogP contribution in [0.2, 0.25) is 0 Å². The molecular formula is C23H30N2O3S. The van der Waals surface area contributed by atoms with E-state index in [0.717, 1.165) is 17.7 Å². The third-order valence-electron chi connectivity index (χ3n) is 5.84. The predicted octanol–water partition coefficient (Wildman–Crippen LogP) is 4.55. The maximum Gasteiger partial charge on any atom is 0.243 e. The van der Waals surface area contributed by atoms with Gasteiger partial charge in [-0.25, -0.2) is 8.42 Å². The van der Waals surface area contributed by atoms with E-state index in [1.807, 2.05) is 19.1 Å². The van der Waals surface area contributed by atoms with E-state index in [2.05, 4.69) is 31.3 Å². The number of sulfonamides is 1. The molecule has 0 bridgehead atoms. The van der Waals surface area contributed by atoms with Crippen LogP contribution in [0.25, 0.3) is 0 Å². The molecule has 3 rings (SSSR count). The van der Waals surface area contributed by atoms with Gasteiger partial charge in [0.1, 0.15) is 0 Å². The van der Waals surface area contributed by atoms with Gasteiger partial charge in [0.25, 0.3) is 0 Å². The molecule has 0 radical (unpaired) electrons. The fraction of sp³-hybridized carbons (Fsp3) is 0.435. The summed E-state index contributed by atoms with van der Waals surface area (Å²) < 4.78 is 27.1. The Kier molecular flexibility index (Phi) is 6.75. The highest BCUT2D eigenvalue weighted by Gasteiger charge is 2.32. The average molecular weight is 415 g/mol. The van der Waals surface area contributed by atoms with Crippen LogP contribution >= 0.6 is 0 Å². The lowest BCUT2D eigenvalue weighted by molar-refractivity contribution is -0.120. The third-order valence-corrected chi connectivity index (χ3v) is 7.76. The minimum atomic E-state index is -3.50. The van der Waals surface area contributed by atoms with E-state index in [1.165, 1.54) is 9.87 Å². The van der Waals surface area contributed by atoms with Crippen molar-refractivity contribution in [2.45, 2.75) is 50.8 Å². The lowest BCUT2D eigenvalue weighted by atomic mass is 9.96. The molecule has 1 fully saturated rings. The lowest BCUT2D eigenvalue weighted by Crippen LogP contribution is -2.41. The summed E-state index contributed by atoms with van der Waals surface area (Å²) in [5, 5.41) is 2.98. The number of carbonyl (C=O) groups is 1. The zero-order valence-electron chi connectivity index (χ0n) is 17.4. The number of carbonyl (C=O) groups excluding carboxylic acids is 1. The summed E-state index contributed by atoms with van der Waals surface area (Å²) in [6.07, 6.45) is 2.14. The van der Waals surface area contributed by atoms with Gasteiger partial charge in [-0.3, -0.25) is 4.79 Å². The molecule has 0 aromatic heterocycles. The largest absolute Gasteiger partial charge is 0.326 e. The SMILES string of the molecule is CC[C@@H](C)c1ccc(NC(=O)C2CCN(S(=O)(=O)c3ccc(C)cc3)CC2)cc1. The molecule has 6 heteroatoms. The monoisotopic (exact) mass is 414 g/mol. The molecule has 2 aromatic carbocycles. The summed E-state index contributed by atoms with van der Waals surface area (Å²) in [5.74, 6) is 0.293. The molecule has 0 saturated carbocycles. The summed E-state index contributed by atoms with van der Waals surface area (Å²) in [6.45, 7) is 7.00. The highest BCUT2D eigenvalue weighted by atomic mass is 32.2. The molecule has 0 unspecified atom stereocenters. The first-order chi connectivity index (χ1) is 13.8. The molecule has 5 nitrogen and oxygen atoms in total. The van der Waals surface area contributed by atoms with Gasteiger partial charge < -0.3 is 5.32 Å². The second-order valence-electron chi connectivity index (χ2n) is 7.91. The van der Waals surface area contributed by atoms with Crippen LogP contribution in [0.4, 0.5) is 5.69 Å². The first-order valence-electron chi connectivity index (χ1n) is 10.3. The molecule has 1 amide bonds. The number of rotatable bonds is 6. The molecule has 156 valence electrons. The van der Waals surface area contributed by atoms with Crippen LogP contribution in [0.15, 0.2) is 53.4 Å². The molecule has 0 spiro atoms. The second-order valence-corrected chi connectivity index (χ2v) is 9.85. The van der Waals surface area contributed by atoms with Gasteiger partial charge in [0.15, 0.2) is 0 Å². The number of amides is 1. The van der Waals surface area contributed by atoms with Crippen LogP contribution in [0.3, 0.4) is 0 Å². The Balaban J connectivity index is 1.57. The molecule has 1 saturated heterocycles. The van der Waals surface area contributed by atoms with Crippen molar-refractivity contribution in [2.24, 2.45) is 5.92 Å². The van der Waals surface area contributed by atoms with E-state index in [-0.39, 0.29) is 11.8 Å². The molecule has 1 aliphatic heterocycles. The van der Waals surface area contributed by atoms with E-state index < -0.39 is 10.0 Å². The molecule has 2 aromatic rings. The van der Waals surface area contributed by atoms with Gasteiger partial charge in [-0.2, -0.15) is 4.31 Å². The van der Waals surface area contributed by atoms with Gasteiger partial charge in [-0.05, 0) is 61.9 Å². The summed E-state index contributed by atoms with van der Waals surface area (Å²) in [5.41, 5.74) is 3.08. The van der Waals surface area contributed by atoms with Gasteiger partial charge in [-0.1, -0.05) is 43.7 Å². The molecule has 29 heavy (non-hydrogen) atoms. The maximum atomic E-state index is 12.8. The summed E-state index contributed by atoms with van der Waals surface area (Å²) in [6, 6.07) is 14.9. The Hall–Kier alpha value is -2.18. The molecule has 0 aliphatic carbocycles. The van der Waals surface area contributed by atoms with Crippen LogP contribution in [-0.4, -0.2) is 31.7 Å². The Bertz CT molecular complexity index is 929. The fourth-order valence-corrected chi connectivity index (χ4v) is 5.06. The standard InChI is InChI=1S/C23H30N2O3S/c1-4-18(3)19-7-9-21(10-8-19)24-23(26)20-13-15-25(16-14-20)29(27,28)22-11-5-17(2)6-12-22/h5-12,18,20H,4,13-16H2,1-3H3,(H,24,26)/t18-/m1/s1. The normalized spacial score (nSPS) is 17.1. The number of hydrogen-bond acceptors (Lipinski definition) is 3. The van der Waals surface area contributed by atoms with Gasteiger partial charge in [0, 0.05) is 24.7 Å². The first-order valence-corrected chi connectivity index (χ1v) is 11.7. The van der Waals surface area contributed by atoms with Crippen molar-refractivity contribution in [3.8, 4) is 0 Å². The molecular weight excluding hydrogens is 384 g/mol. The van der Waals surface area contributed by atoms with Crippen molar-refractivity contribution < 1.29 is 13.2 Å². The molecule has 1 atom stereocenters. The topological polar surface area (TPSA) is 66.5 Å². The van der Waals surface area contributed by atoms with Crippen LogP contribution in [0.5, 0.6) is 0 Å². The Morgan fingerprint density at radius 1 is 1.07 bits per heavy atom. The molecule has 1 heterocycles. The van der Waals surface area contributed by atoms with Gasteiger partial charge >= 0.3 is 0 Å². The summed E-state index contributed by atoms with van der Waals surface area (Å²) in [7, 11) is -3.50. The Morgan fingerprint density at radius 3 is 2.21 bits per heavy atom. The Labute approximate surface area is 174 Å². The summed E-state index contributed by atoms with van der Waals surface area (Å²) in [4.78, 5) is 12.9. The van der Waals surface area contributed by atoms with Crippen LogP contribution < -0.4 is 5.32 Å². The van der Waals surface area contributed by atoms with E-state index in [1.54, 1.807) is 24.3 Å². The number of hydrogen-bond donors (Lipinski definition) is 1. The lowest BCUT2D eigenvalue weighted by Gasteiger charge is -2.30. The minimum absolute atomic E-state index is 0.0336. The maximum absolute atomic E-state index is 12.8. The molecule has 1 aliphatic rings. The quantitative estimate of drug-likeness (QED) is 0.754. The van der Waals surface area contributed by atoms with Crippen LogP contribution in [0.1, 0.15) is 50.2 Å².